The van der Waals surface area contributed by atoms with E-state index in [4.69, 9.17) is 5.11 Å². The van der Waals surface area contributed by atoms with Crippen molar-refractivity contribution >= 4 is 19.4 Å². The number of hydrogen-bond donors (Lipinski definition) is 1. The van der Waals surface area contributed by atoms with Crippen LogP contribution in [0.15, 0.2) is 18.2 Å². The second kappa shape index (κ2) is 2.30. The van der Waals surface area contributed by atoms with Crippen molar-refractivity contribution in [1.29, 1.82) is 0 Å². The number of rotatable bonds is 0. The van der Waals surface area contributed by atoms with Crippen molar-refractivity contribution < 1.29 is 5.11 Å². The van der Waals surface area contributed by atoms with Crippen LogP contribution in [-0.4, -0.2) is 20.1 Å². The predicted molar refractivity (Wildman–Crippen MR) is 42.0 cm³/mol. The fraction of sp³-hybridized carbons (Fsp3) is 0.250. The summed E-state index contributed by atoms with van der Waals surface area (Å²) in [7, 11) is 0. The van der Waals surface area contributed by atoms with Crippen molar-refractivity contribution in [1.82, 2.24) is 0 Å². The number of aryl methyl sites for hydroxylation is 1. The van der Waals surface area contributed by atoms with Gasteiger partial charge in [-0.15, -0.1) is 0 Å². The van der Waals surface area contributed by atoms with E-state index < -0.39 is 0 Å². The van der Waals surface area contributed by atoms with Crippen molar-refractivity contribution in [2.45, 2.75) is 11.7 Å². The first-order chi connectivity index (χ1) is 4.86. The normalized spacial score (nSPS) is 15.2. The Kier molecular flexibility index (Phi) is 1.44. The number of aromatic hydroxyl groups is 1. The molecule has 52 valence electrons. The molecule has 1 aliphatic rings. The molecule has 0 saturated heterocycles. The average molecular weight is 199 g/mol. The third kappa shape index (κ3) is 0.938. The van der Waals surface area contributed by atoms with Crippen LogP contribution in [0.25, 0.3) is 0 Å². The molecule has 2 rings (SSSR count). The first-order valence-electron chi connectivity index (χ1n) is 3.31. The summed E-state index contributed by atoms with van der Waals surface area (Å²) in [5.74, 6) is 0.413. The van der Waals surface area contributed by atoms with E-state index in [9.17, 15) is 0 Å². The molecular formula is C8H8OSe. The number of phenols is 1. The maximum absolute atomic E-state index is 9.10. The van der Waals surface area contributed by atoms with Gasteiger partial charge in [0.15, 0.2) is 0 Å². The van der Waals surface area contributed by atoms with Crippen LogP contribution in [0.1, 0.15) is 5.56 Å². The zero-order chi connectivity index (χ0) is 6.97. The van der Waals surface area contributed by atoms with Gasteiger partial charge in [0.2, 0.25) is 0 Å². The molecular weight excluding hydrogens is 191 g/mol. The fourth-order valence-corrected chi connectivity index (χ4v) is 3.38. The minimum atomic E-state index is 0.413. The second-order valence-corrected chi connectivity index (χ2v) is 4.78. The van der Waals surface area contributed by atoms with Gasteiger partial charge in [-0.1, -0.05) is 0 Å². The number of phenolic OH excluding ortho intramolecular Hbond substituents is 1. The Bertz CT molecular complexity index is 257. The van der Waals surface area contributed by atoms with Gasteiger partial charge >= 0.3 is 65.8 Å². The molecule has 0 aromatic heterocycles. The van der Waals surface area contributed by atoms with E-state index in [1.807, 2.05) is 6.07 Å². The molecule has 0 bridgehead atoms. The third-order valence-electron chi connectivity index (χ3n) is 1.67. The van der Waals surface area contributed by atoms with Crippen molar-refractivity contribution in [3.63, 3.8) is 0 Å². The molecule has 1 aromatic carbocycles. The van der Waals surface area contributed by atoms with Crippen LogP contribution in [-0.2, 0) is 6.42 Å². The standard InChI is InChI=1S/C8H8OSe/c9-7-1-2-8-6(5-7)3-4-10-8/h1-2,5,9H,3-4H2. The average Bonchev–Trinajstić information content (AvgIpc) is 2.33. The summed E-state index contributed by atoms with van der Waals surface area (Å²) in [6.45, 7) is 0. The monoisotopic (exact) mass is 200 g/mol. The van der Waals surface area contributed by atoms with Gasteiger partial charge in [-0.25, -0.2) is 0 Å². The molecule has 2 heteroatoms. The summed E-state index contributed by atoms with van der Waals surface area (Å²) in [6.07, 6.45) is 1.17. The maximum atomic E-state index is 9.10. The molecule has 0 radical (unpaired) electrons. The summed E-state index contributed by atoms with van der Waals surface area (Å²) in [5, 5.41) is 10.4. The van der Waals surface area contributed by atoms with E-state index in [1.165, 1.54) is 21.8 Å². The number of benzene rings is 1. The Balaban J connectivity index is 2.52. The molecule has 1 nitrogen and oxygen atoms in total. The molecule has 0 aliphatic carbocycles. The van der Waals surface area contributed by atoms with Crippen LogP contribution >= 0.6 is 0 Å². The molecule has 0 saturated carbocycles. The van der Waals surface area contributed by atoms with Gasteiger partial charge in [-0.05, 0) is 0 Å². The van der Waals surface area contributed by atoms with Crippen LogP contribution in [0.2, 0.25) is 5.32 Å². The zero-order valence-corrected chi connectivity index (χ0v) is 7.21. The van der Waals surface area contributed by atoms with Crippen LogP contribution in [0.3, 0.4) is 0 Å². The van der Waals surface area contributed by atoms with Gasteiger partial charge in [0, 0.05) is 0 Å². The summed E-state index contributed by atoms with van der Waals surface area (Å²) in [6, 6.07) is 5.73. The molecule has 0 amide bonds. The van der Waals surface area contributed by atoms with Gasteiger partial charge in [0.25, 0.3) is 0 Å². The van der Waals surface area contributed by atoms with Gasteiger partial charge in [-0.3, -0.25) is 0 Å². The first kappa shape index (κ1) is 6.26. The quantitative estimate of drug-likeness (QED) is 0.609. The summed E-state index contributed by atoms with van der Waals surface area (Å²) < 4.78 is 1.48. The van der Waals surface area contributed by atoms with Crippen molar-refractivity contribution in [2.24, 2.45) is 0 Å². The number of hydrogen-bond acceptors (Lipinski definition) is 1. The summed E-state index contributed by atoms with van der Waals surface area (Å²) in [5.41, 5.74) is 1.36. The molecule has 1 aliphatic heterocycles. The Morgan fingerprint density at radius 1 is 1.40 bits per heavy atom. The van der Waals surface area contributed by atoms with E-state index in [0.29, 0.717) is 20.7 Å². The second-order valence-electron chi connectivity index (χ2n) is 2.39. The van der Waals surface area contributed by atoms with Gasteiger partial charge in [-0.2, -0.15) is 0 Å². The topological polar surface area (TPSA) is 20.2 Å². The zero-order valence-electron chi connectivity index (χ0n) is 5.50. The molecule has 1 N–H and O–H groups in total. The predicted octanol–water partition coefficient (Wildman–Crippen LogP) is 0.696. The summed E-state index contributed by atoms with van der Waals surface area (Å²) >= 11 is 0.684. The van der Waals surface area contributed by atoms with E-state index in [2.05, 4.69) is 6.07 Å². The fourth-order valence-electron chi connectivity index (χ4n) is 1.17. The van der Waals surface area contributed by atoms with Crippen LogP contribution in [0.5, 0.6) is 5.75 Å². The van der Waals surface area contributed by atoms with Crippen molar-refractivity contribution in [3.8, 4) is 5.75 Å². The minimum absolute atomic E-state index is 0.413. The Labute approximate surface area is 66.2 Å². The molecule has 0 atom stereocenters. The molecule has 10 heavy (non-hydrogen) atoms. The van der Waals surface area contributed by atoms with Crippen molar-refractivity contribution in [3.05, 3.63) is 23.8 Å². The number of fused-ring (bicyclic) bond motifs is 1. The van der Waals surface area contributed by atoms with Gasteiger partial charge in [0.05, 0.1) is 0 Å². The molecule has 0 spiro atoms. The van der Waals surface area contributed by atoms with E-state index in [1.54, 1.807) is 6.07 Å². The molecule has 0 unspecified atom stereocenters. The van der Waals surface area contributed by atoms with Crippen molar-refractivity contribution in [2.75, 3.05) is 0 Å². The van der Waals surface area contributed by atoms with Gasteiger partial charge < -0.3 is 0 Å². The first-order valence-corrected chi connectivity index (χ1v) is 5.38. The van der Waals surface area contributed by atoms with Crippen LogP contribution in [0, 0.1) is 0 Å². The van der Waals surface area contributed by atoms with Gasteiger partial charge in [0.1, 0.15) is 0 Å². The summed E-state index contributed by atoms with van der Waals surface area (Å²) in [4.78, 5) is 0. The third-order valence-corrected chi connectivity index (χ3v) is 4.02. The molecule has 0 fully saturated rings. The SMILES string of the molecule is Oc1ccc2c(c1)CC[Se]2. The Morgan fingerprint density at radius 3 is 3.20 bits per heavy atom. The Morgan fingerprint density at radius 2 is 2.30 bits per heavy atom. The molecule has 1 heterocycles. The van der Waals surface area contributed by atoms with E-state index in [-0.39, 0.29) is 0 Å². The molecule has 1 aromatic rings. The van der Waals surface area contributed by atoms with E-state index >= 15 is 0 Å². The Hall–Kier alpha value is -0.461. The van der Waals surface area contributed by atoms with E-state index in [0.717, 1.165) is 0 Å². The van der Waals surface area contributed by atoms with Crippen LogP contribution < -0.4 is 4.46 Å². The van der Waals surface area contributed by atoms with Crippen LogP contribution in [0.4, 0.5) is 0 Å².